The second-order valence-electron chi connectivity index (χ2n) is 6.15. The van der Waals surface area contributed by atoms with Crippen LogP contribution in [0.4, 0.5) is 0 Å². The topological polar surface area (TPSA) is 82.5 Å². The van der Waals surface area contributed by atoms with Gasteiger partial charge in [0.1, 0.15) is 0 Å². The van der Waals surface area contributed by atoms with Crippen LogP contribution in [0.25, 0.3) is 22.4 Å². The number of benzene rings is 2. The Morgan fingerprint density at radius 2 is 1.96 bits per heavy atom. The van der Waals surface area contributed by atoms with Crippen molar-refractivity contribution >= 4 is 28.4 Å². The number of nitrogens with zero attached hydrogens (tertiary/aromatic N) is 4. The van der Waals surface area contributed by atoms with Gasteiger partial charge in [-0.25, -0.2) is 4.79 Å². The fourth-order valence-corrected chi connectivity index (χ4v) is 3.93. The Hall–Kier alpha value is -3.39. The Kier molecular flexibility index (Phi) is 3.98. The van der Waals surface area contributed by atoms with Crippen molar-refractivity contribution in [1.82, 2.24) is 14.9 Å². The normalized spacial score (nSPS) is 13.2. The average Bonchev–Trinajstić information content (AvgIpc) is 3.16. The molecule has 0 aliphatic carbocycles. The van der Waals surface area contributed by atoms with Crippen LogP contribution in [0.1, 0.15) is 5.56 Å². The molecule has 4 aromatic rings. The lowest BCUT2D eigenvalue weighted by atomic mass is 10.1. The highest BCUT2D eigenvalue weighted by Gasteiger charge is 2.23. The summed E-state index contributed by atoms with van der Waals surface area (Å²) in [5, 5.41) is 14.6. The molecule has 138 valence electrons. The SMILES string of the molecule is COc1cccc2cc(C3=Nn4c(nnc4-c4ccccc4)SC3)c(=O)oc12. The summed E-state index contributed by atoms with van der Waals surface area (Å²) in [7, 11) is 1.54. The number of hydrogen-bond acceptors (Lipinski definition) is 7. The standard InChI is InChI=1S/C20H14N4O3S/c1-26-16-9-5-8-13-10-14(19(25)27-17(13)16)15-11-28-20-22-21-18(24(20)23-15)12-6-3-2-4-7-12/h2-10H,11H2,1H3. The van der Waals surface area contributed by atoms with Crippen molar-refractivity contribution in [2.24, 2.45) is 5.10 Å². The third kappa shape index (κ3) is 2.69. The third-order valence-corrected chi connectivity index (χ3v) is 5.39. The Bertz CT molecular complexity index is 1280. The maximum atomic E-state index is 12.7. The molecule has 0 saturated carbocycles. The summed E-state index contributed by atoms with van der Waals surface area (Å²) in [6, 6.07) is 17.0. The molecule has 2 aromatic heterocycles. The van der Waals surface area contributed by atoms with E-state index < -0.39 is 5.63 Å². The molecule has 7 nitrogen and oxygen atoms in total. The fourth-order valence-electron chi connectivity index (χ4n) is 3.11. The van der Waals surface area contributed by atoms with Gasteiger partial charge in [-0.2, -0.15) is 9.78 Å². The van der Waals surface area contributed by atoms with Crippen LogP contribution < -0.4 is 10.4 Å². The molecule has 0 spiro atoms. The van der Waals surface area contributed by atoms with Crippen molar-refractivity contribution < 1.29 is 9.15 Å². The van der Waals surface area contributed by atoms with Crippen molar-refractivity contribution in [2.45, 2.75) is 5.16 Å². The summed E-state index contributed by atoms with van der Waals surface area (Å²) in [6.07, 6.45) is 0. The fraction of sp³-hybridized carbons (Fsp3) is 0.100. The third-order valence-electron chi connectivity index (χ3n) is 4.46. The van der Waals surface area contributed by atoms with Gasteiger partial charge in [-0.05, 0) is 12.1 Å². The van der Waals surface area contributed by atoms with Gasteiger partial charge >= 0.3 is 5.63 Å². The molecule has 8 heteroatoms. The number of methoxy groups -OCH3 is 1. The lowest BCUT2D eigenvalue weighted by Gasteiger charge is -2.13. The highest BCUT2D eigenvalue weighted by Crippen LogP contribution is 2.29. The molecule has 0 unspecified atom stereocenters. The van der Waals surface area contributed by atoms with Gasteiger partial charge < -0.3 is 9.15 Å². The van der Waals surface area contributed by atoms with Crippen LogP contribution in [0.3, 0.4) is 0 Å². The maximum Gasteiger partial charge on any atom is 0.345 e. The van der Waals surface area contributed by atoms with E-state index in [9.17, 15) is 4.79 Å². The van der Waals surface area contributed by atoms with Crippen molar-refractivity contribution in [3.8, 4) is 17.1 Å². The van der Waals surface area contributed by atoms with Gasteiger partial charge in [0.2, 0.25) is 5.16 Å². The number of rotatable bonds is 3. The zero-order valence-electron chi connectivity index (χ0n) is 14.8. The lowest BCUT2D eigenvalue weighted by Crippen LogP contribution is -2.21. The summed E-state index contributed by atoms with van der Waals surface area (Å²) in [5.41, 5.74) is 1.92. The van der Waals surface area contributed by atoms with Crippen LogP contribution in [0.5, 0.6) is 5.75 Å². The molecule has 0 radical (unpaired) electrons. The van der Waals surface area contributed by atoms with Gasteiger partial charge in [-0.15, -0.1) is 10.2 Å². The minimum absolute atomic E-state index is 0.423. The second kappa shape index (κ2) is 6.65. The molecule has 2 aromatic carbocycles. The Morgan fingerprint density at radius 1 is 1.11 bits per heavy atom. The average molecular weight is 390 g/mol. The minimum Gasteiger partial charge on any atom is -0.493 e. The van der Waals surface area contributed by atoms with Gasteiger partial charge in [0, 0.05) is 16.7 Å². The summed E-state index contributed by atoms with van der Waals surface area (Å²) < 4.78 is 12.5. The van der Waals surface area contributed by atoms with E-state index in [0.717, 1.165) is 10.9 Å². The van der Waals surface area contributed by atoms with Gasteiger partial charge in [-0.3, -0.25) is 0 Å². The van der Waals surface area contributed by atoms with E-state index in [1.165, 1.54) is 11.8 Å². The van der Waals surface area contributed by atoms with E-state index in [1.54, 1.807) is 23.9 Å². The summed E-state index contributed by atoms with van der Waals surface area (Å²) in [4.78, 5) is 12.7. The number of para-hydroxylation sites is 1. The Morgan fingerprint density at radius 3 is 2.79 bits per heavy atom. The van der Waals surface area contributed by atoms with Gasteiger partial charge in [-0.1, -0.05) is 54.2 Å². The first-order valence-corrected chi connectivity index (χ1v) is 9.56. The van der Waals surface area contributed by atoms with Crippen molar-refractivity contribution in [1.29, 1.82) is 0 Å². The van der Waals surface area contributed by atoms with E-state index in [-0.39, 0.29) is 0 Å². The van der Waals surface area contributed by atoms with E-state index in [1.807, 2.05) is 42.5 Å². The molecule has 0 atom stereocenters. The lowest BCUT2D eigenvalue weighted by molar-refractivity contribution is 0.406. The minimum atomic E-state index is -0.450. The van der Waals surface area contributed by atoms with E-state index >= 15 is 0 Å². The summed E-state index contributed by atoms with van der Waals surface area (Å²) >= 11 is 1.48. The molecule has 3 heterocycles. The molecule has 1 aliphatic heterocycles. The summed E-state index contributed by atoms with van der Waals surface area (Å²) in [6.45, 7) is 0. The van der Waals surface area contributed by atoms with Gasteiger partial charge in [0.05, 0.1) is 18.4 Å². The van der Waals surface area contributed by atoms with Crippen LogP contribution in [-0.2, 0) is 0 Å². The van der Waals surface area contributed by atoms with E-state index in [4.69, 9.17) is 9.15 Å². The zero-order chi connectivity index (χ0) is 19.1. The van der Waals surface area contributed by atoms with Crippen LogP contribution >= 0.6 is 11.8 Å². The zero-order valence-corrected chi connectivity index (χ0v) is 15.6. The Labute approximate surface area is 163 Å². The monoisotopic (exact) mass is 390 g/mol. The number of hydrogen-bond donors (Lipinski definition) is 0. The van der Waals surface area contributed by atoms with Crippen LogP contribution in [0.15, 0.2) is 74.1 Å². The number of aromatic nitrogens is 3. The number of thioether (sulfide) groups is 1. The number of ether oxygens (including phenoxy) is 1. The van der Waals surface area contributed by atoms with Crippen molar-refractivity contribution in [2.75, 3.05) is 12.9 Å². The molecular formula is C20H14N4O3S. The Balaban J connectivity index is 1.65. The second-order valence-corrected chi connectivity index (χ2v) is 7.09. The first-order valence-electron chi connectivity index (χ1n) is 8.57. The molecule has 0 bridgehead atoms. The maximum absolute atomic E-state index is 12.7. The summed E-state index contributed by atoms with van der Waals surface area (Å²) in [5.74, 6) is 1.66. The van der Waals surface area contributed by atoms with Crippen LogP contribution in [0.2, 0.25) is 0 Å². The van der Waals surface area contributed by atoms with Gasteiger partial charge in [0.15, 0.2) is 17.2 Å². The predicted molar refractivity (Wildman–Crippen MR) is 107 cm³/mol. The van der Waals surface area contributed by atoms with Crippen molar-refractivity contribution in [3.05, 3.63) is 70.6 Å². The predicted octanol–water partition coefficient (Wildman–Crippen LogP) is 3.42. The van der Waals surface area contributed by atoms with Gasteiger partial charge in [0.25, 0.3) is 0 Å². The first kappa shape index (κ1) is 16.8. The smallest absolute Gasteiger partial charge is 0.345 e. The molecule has 0 fully saturated rings. The van der Waals surface area contributed by atoms with E-state index in [2.05, 4.69) is 15.3 Å². The molecule has 0 saturated heterocycles. The molecule has 0 amide bonds. The highest BCUT2D eigenvalue weighted by atomic mass is 32.2. The van der Waals surface area contributed by atoms with E-state index in [0.29, 0.717) is 39.3 Å². The van der Waals surface area contributed by atoms with Crippen LogP contribution in [0, 0.1) is 0 Å². The quantitative estimate of drug-likeness (QED) is 0.499. The molecule has 28 heavy (non-hydrogen) atoms. The first-order chi connectivity index (χ1) is 13.7. The van der Waals surface area contributed by atoms with Crippen molar-refractivity contribution in [3.63, 3.8) is 0 Å². The molecular weight excluding hydrogens is 376 g/mol. The highest BCUT2D eigenvalue weighted by molar-refractivity contribution is 7.99. The largest absolute Gasteiger partial charge is 0.493 e. The van der Waals surface area contributed by atoms with Crippen LogP contribution in [-0.4, -0.2) is 33.4 Å². The number of fused-ring (bicyclic) bond motifs is 2. The molecule has 1 aliphatic rings. The molecule has 5 rings (SSSR count). The molecule has 0 N–H and O–H groups in total.